The number of aromatic nitrogens is 4. The van der Waals surface area contributed by atoms with Crippen LogP contribution in [0.4, 0.5) is 8.78 Å². The SMILES string of the molecule is CCOC(=O)c1sc(-n2cnn(Cc3ccc(OC(F)F)cc3)c2=O)nc1C. The average Bonchev–Trinajstić information content (AvgIpc) is 3.19. The van der Waals surface area contributed by atoms with Crippen molar-refractivity contribution < 1.29 is 23.0 Å². The molecule has 0 radical (unpaired) electrons. The zero-order chi connectivity index (χ0) is 20.3. The highest BCUT2D eigenvalue weighted by molar-refractivity contribution is 7.16. The summed E-state index contributed by atoms with van der Waals surface area (Å²) in [6.45, 7) is 0.839. The zero-order valence-electron chi connectivity index (χ0n) is 15.0. The van der Waals surface area contributed by atoms with Gasteiger partial charge < -0.3 is 9.47 Å². The number of nitrogens with zero attached hydrogens (tertiary/aromatic N) is 4. The Morgan fingerprint density at radius 1 is 1.29 bits per heavy atom. The van der Waals surface area contributed by atoms with E-state index in [2.05, 4.69) is 14.8 Å². The number of thiazole rings is 1. The van der Waals surface area contributed by atoms with Crippen LogP contribution >= 0.6 is 11.3 Å². The maximum absolute atomic E-state index is 12.6. The van der Waals surface area contributed by atoms with Crippen molar-refractivity contribution in [1.29, 1.82) is 0 Å². The quantitative estimate of drug-likeness (QED) is 0.557. The number of rotatable bonds is 7. The Bertz CT molecular complexity index is 1030. The minimum absolute atomic E-state index is 0.0291. The van der Waals surface area contributed by atoms with Crippen molar-refractivity contribution in [2.45, 2.75) is 27.0 Å². The van der Waals surface area contributed by atoms with Gasteiger partial charge in [0.05, 0.1) is 18.8 Å². The zero-order valence-corrected chi connectivity index (χ0v) is 15.8. The molecule has 3 aromatic rings. The molecule has 0 saturated heterocycles. The number of ether oxygens (including phenoxy) is 2. The van der Waals surface area contributed by atoms with Crippen LogP contribution in [0.5, 0.6) is 5.75 Å². The monoisotopic (exact) mass is 410 g/mol. The van der Waals surface area contributed by atoms with Crippen LogP contribution in [-0.4, -0.2) is 38.5 Å². The summed E-state index contributed by atoms with van der Waals surface area (Å²) in [4.78, 5) is 29.1. The van der Waals surface area contributed by atoms with Gasteiger partial charge in [-0.05, 0) is 31.5 Å². The van der Waals surface area contributed by atoms with Gasteiger partial charge in [-0.2, -0.15) is 13.9 Å². The lowest BCUT2D eigenvalue weighted by Gasteiger charge is -2.05. The van der Waals surface area contributed by atoms with E-state index in [0.29, 0.717) is 21.3 Å². The topological polar surface area (TPSA) is 88.2 Å². The number of esters is 1. The third kappa shape index (κ3) is 4.25. The minimum atomic E-state index is -2.90. The van der Waals surface area contributed by atoms with Crippen molar-refractivity contribution in [3.05, 3.63) is 57.2 Å². The molecule has 0 aliphatic heterocycles. The van der Waals surface area contributed by atoms with Crippen LogP contribution in [0, 0.1) is 6.92 Å². The first-order valence-electron chi connectivity index (χ1n) is 8.22. The van der Waals surface area contributed by atoms with E-state index in [0.717, 1.165) is 11.3 Å². The van der Waals surface area contributed by atoms with Crippen molar-refractivity contribution in [2.24, 2.45) is 0 Å². The van der Waals surface area contributed by atoms with E-state index in [1.54, 1.807) is 26.0 Å². The Hall–Kier alpha value is -3.08. The van der Waals surface area contributed by atoms with Crippen molar-refractivity contribution in [3.63, 3.8) is 0 Å². The molecule has 148 valence electrons. The van der Waals surface area contributed by atoms with Crippen LogP contribution in [-0.2, 0) is 11.3 Å². The standard InChI is InChI=1S/C17H16F2N4O4S/c1-3-26-14(24)13-10(2)21-16(28-13)22-9-20-23(17(22)25)8-11-4-6-12(7-5-11)27-15(18)19/h4-7,9,15H,3,8H2,1-2H3. The molecule has 0 aliphatic rings. The number of hydrogen-bond donors (Lipinski definition) is 0. The van der Waals surface area contributed by atoms with Gasteiger partial charge in [0, 0.05) is 0 Å². The normalized spacial score (nSPS) is 11.0. The summed E-state index contributed by atoms with van der Waals surface area (Å²) in [7, 11) is 0. The third-order valence-electron chi connectivity index (χ3n) is 3.67. The molecule has 2 heterocycles. The lowest BCUT2D eigenvalue weighted by molar-refractivity contribution is -0.0498. The van der Waals surface area contributed by atoms with E-state index < -0.39 is 18.3 Å². The van der Waals surface area contributed by atoms with E-state index in [-0.39, 0.29) is 18.9 Å². The van der Waals surface area contributed by atoms with Gasteiger partial charge in [0.1, 0.15) is 17.0 Å². The Labute approximate surface area is 162 Å². The minimum Gasteiger partial charge on any atom is -0.462 e. The fraction of sp³-hybridized carbons (Fsp3) is 0.294. The highest BCUT2D eigenvalue weighted by atomic mass is 32.1. The summed E-state index contributed by atoms with van der Waals surface area (Å²) in [5.74, 6) is -0.461. The predicted molar refractivity (Wildman–Crippen MR) is 96.4 cm³/mol. The number of benzene rings is 1. The molecule has 0 aliphatic carbocycles. The first kappa shape index (κ1) is 19.7. The number of halogens is 2. The Morgan fingerprint density at radius 2 is 2.00 bits per heavy atom. The fourth-order valence-corrected chi connectivity index (χ4v) is 3.32. The summed E-state index contributed by atoms with van der Waals surface area (Å²) < 4.78 is 36.1. The first-order valence-corrected chi connectivity index (χ1v) is 9.03. The number of carbonyl (C=O) groups excluding carboxylic acids is 1. The third-order valence-corrected chi connectivity index (χ3v) is 4.80. The van der Waals surface area contributed by atoms with Crippen LogP contribution in [0.25, 0.3) is 5.13 Å². The molecule has 0 atom stereocenters. The van der Waals surface area contributed by atoms with E-state index in [1.807, 2.05) is 0 Å². The molecular formula is C17H16F2N4O4S. The van der Waals surface area contributed by atoms with Crippen molar-refractivity contribution in [3.8, 4) is 10.9 Å². The number of carbonyl (C=O) groups is 1. The smallest absolute Gasteiger partial charge is 0.387 e. The fourth-order valence-electron chi connectivity index (χ4n) is 2.40. The predicted octanol–water partition coefficient (Wildman–Crippen LogP) is 2.63. The first-order chi connectivity index (χ1) is 13.4. The molecule has 0 fully saturated rings. The van der Waals surface area contributed by atoms with Crippen molar-refractivity contribution in [2.75, 3.05) is 6.61 Å². The van der Waals surface area contributed by atoms with Crippen molar-refractivity contribution in [1.82, 2.24) is 19.3 Å². The van der Waals surface area contributed by atoms with Gasteiger partial charge in [-0.1, -0.05) is 23.5 Å². The molecule has 2 aromatic heterocycles. The van der Waals surface area contributed by atoms with Gasteiger partial charge in [-0.15, -0.1) is 0 Å². The van der Waals surface area contributed by atoms with E-state index in [4.69, 9.17) is 4.74 Å². The second kappa shape index (κ2) is 8.30. The molecule has 0 bridgehead atoms. The molecule has 0 amide bonds. The number of aryl methyl sites for hydroxylation is 1. The largest absolute Gasteiger partial charge is 0.462 e. The molecule has 28 heavy (non-hydrogen) atoms. The Morgan fingerprint density at radius 3 is 2.64 bits per heavy atom. The van der Waals surface area contributed by atoms with Crippen LogP contribution in [0.15, 0.2) is 35.4 Å². The van der Waals surface area contributed by atoms with E-state index in [1.165, 1.54) is 27.7 Å². The maximum Gasteiger partial charge on any atom is 0.387 e. The highest BCUT2D eigenvalue weighted by Gasteiger charge is 2.19. The molecule has 1 aromatic carbocycles. The summed E-state index contributed by atoms with van der Waals surface area (Å²) in [6, 6.07) is 5.91. The highest BCUT2D eigenvalue weighted by Crippen LogP contribution is 2.21. The van der Waals surface area contributed by atoms with Gasteiger partial charge >= 0.3 is 18.3 Å². The maximum atomic E-state index is 12.6. The molecule has 0 saturated carbocycles. The Balaban J connectivity index is 1.80. The summed E-state index contributed by atoms with van der Waals surface area (Å²) in [5.41, 5.74) is 0.696. The average molecular weight is 410 g/mol. The summed E-state index contributed by atoms with van der Waals surface area (Å²) in [5, 5.41) is 4.35. The van der Waals surface area contributed by atoms with Gasteiger partial charge in [-0.3, -0.25) is 0 Å². The van der Waals surface area contributed by atoms with Crippen LogP contribution in [0.1, 0.15) is 27.9 Å². The lowest BCUT2D eigenvalue weighted by atomic mass is 10.2. The molecule has 11 heteroatoms. The molecule has 8 nitrogen and oxygen atoms in total. The van der Waals surface area contributed by atoms with E-state index >= 15 is 0 Å². The van der Waals surface area contributed by atoms with Crippen LogP contribution in [0.3, 0.4) is 0 Å². The van der Waals surface area contributed by atoms with Crippen LogP contribution < -0.4 is 10.4 Å². The molecule has 0 N–H and O–H groups in total. The van der Waals surface area contributed by atoms with Gasteiger partial charge in [-0.25, -0.2) is 23.8 Å². The number of alkyl halides is 2. The molecule has 0 unspecified atom stereocenters. The van der Waals surface area contributed by atoms with Crippen molar-refractivity contribution >= 4 is 17.3 Å². The van der Waals surface area contributed by atoms with Gasteiger partial charge in [0.25, 0.3) is 0 Å². The van der Waals surface area contributed by atoms with Gasteiger partial charge in [0.2, 0.25) is 0 Å². The second-order valence-corrected chi connectivity index (χ2v) is 6.57. The lowest BCUT2D eigenvalue weighted by Crippen LogP contribution is -2.24. The van der Waals surface area contributed by atoms with Gasteiger partial charge in [0.15, 0.2) is 5.13 Å². The van der Waals surface area contributed by atoms with Crippen LogP contribution in [0.2, 0.25) is 0 Å². The Kier molecular flexibility index (Phi) is 5.83. The molecular weight excluding hydrogens is 394 g/mol. The summed E-state index contributed by atoms with van der Waals surface area (Å²) >= 11 is 1.04. The second-order valence-electron chi connectivity index (χ2n) is 5.60. The number of hydrogen-bond acceptors (Lipinski definition) is 7. The molecule has 3 rings (SSSR count). The van der Waals surface area contributed by atoms with E-state index in [9.17, 15) is 18.4 Å². The summed E-state index contributed by atoms with van der Waals surface area (Å²) in [6.07, 6.45) is 1.31. The molecule has 0 spiro atoms.